The van der Waals surface area contributed by atoms with Crippen LogP contribution in [0.15, 0.2) is 48.9 Å². The maximum atomic E-state index is 12.5. The molecule has 0 aliphatic carbocycles. The molecule has 0 atom stereocenters. The van der Waals surface area contributed by atoms with E-state index in [1.165, 1.54) is 22.9 Å². The second-order valence-electron chi connectivity index (χ2n) is 5.83. The van der Waals surface area contributed by atoms with E-state index in [9.17, 15) is 13.2 Å². The summed E-state index contributed by atoms with van der Waals surface area (Å²) in [4.78, 5) is 21.8. The molecule has 3 rings (SSSR count). The lowest BCUT2D eigenvalue weighted by Crippen LogP contribution is -2.51. The van der Waals surface area contributed by atoms with Crippen LogP contribution in [0.2, 0.25) is 0 Å². The summed E-state index contributed by atoms with van der Waals surface area (Å²) in [6.07, 6.45) is 4.89. The summed E-state index contributed by atoms with van der Waals surface area (Å²) < 4.78 is 26.5. The van der Waals surface area contributed by atoms with Gasteiger partial charge in [-0.05, 0) is 12.0 Å². The Balaban J connectivity index is 1.55. The van der Waals surface area contributed by atoms with Gasteiger partial charge >= 0.3 is 0 Å². The van der Waals surface area contributed by atoms with Gasteiger partial charge in [-0.25, -0.2) is 13.4 Å². The normalized spacial score (nSPS) is 15.9. The molecule has 1 fully saturated rings. The highest BCUT2D eigenvalue weighted by Crippen LogP contribution is 2.12. The number of hydrogen-bond acceptors (Lipinski definition) is 5. The molecule has 0 spiro atoms. The molecule has 132 valence electrons. The van der Waals surface area contributed by atoms with E-state index in [1.54, 1.807) is 4.90 Å². The number of carbonyl (C=O) groups is 1. The summed E-state index contributed by atoms with van der Waals surface area (Å²) >= 11 is 0. The van der Waals surface area contributed by atoms with Crippen molar-refractivity contribution in [1.29, 1.82) is 0 Å². The van der Waals surface area contributed by atoms with E-state index in [-0.39, 0.29) is 17.4 Å². The highest BCUT2D eigenvalue weighted by Gasteiger charge is 2.29. The first-order valence-electron chi connectivity index (χ1n) is 8.13. The smallest absolute Gasteiger partial charge is 0.274 e. The average molecular weight is 360 g/mol. The molecule has 1 saturated heterocycles. The Labute approximate surface area is 147 Å². The number of sulfonamides is 1. The van der Waals surface area contributed by atoms with E-state index in [2.05, 4.69) is 9.97 Å². The molecular formula is C17H20N4O3S. The number of nitrogens with zero attached hydrogens (tertiary/aromatic N) is 4. The number of aryl methyl sites for hydroxylation is 1. The van der Waals surface area contributed by atoms with Gasteiger partial charge in [0.15, 0.2) is 0 Å². The quantitative estimate of drug-likeness (QED) is 0.788. The maximum absolute atomic E-state index is 12.5. The van der Waals surface area contributed by atoms with Crippen molar-refractivity contribution in [1.82, 2.24) is 19.2 Å². The van der Waals surface area contributed by atoms with Crippen LogP contribution in [0.3, 0.4) is 0 Å². The van der Waals surface area contributed by atoms with E-state index in [0.29, 0.717) is 32.6 Å². The van der Waals surface area contributed by atoms with Gasteiger partial charge in [0.25, 0.3) is 5.91 Å². The first kappa shape index (κ1) is 17.5. The van der Waals surface area contributed by atoms with Crippen molar-refractivity contribution in [2.75, 3.05) is 31.9 Å². The van der Waals surface area contributed by atoms with Gasteiger partial charge in [-0.1, -0.05) is 30.3 Å². The summed E-state index contributed by atoms with van der Waals surface area (Å²) in [5, 5.41) is 0. The summed E-state index contributed by atoms with van der Waals surface area (Å²) in [6, 6.07) is 9.56. The molecule has 1 aromatic carbocycles. The number of carbonyl (C=O) groups excluding carboxylic acids is 1. The molecule has 0 radical (unpaired) electrons. The monoisotopic (exact) mass is 360 g/mol. The molecule has 8 heteroatoms. The minimum Gasteiger partial charge on any atom is -0.335 e. The fraction of sp³-hybridized carbons (Fsp3) is 0.353. The third kappa shape index (κ3) is 4.40. The molecule has 1 amide bonds. The van der Waals surface area contributed by atoms with Crippen molar-refractivity contribution in [2.45, 2.75) is 6.42 Å². The molecule has 1 aliphatic rings. The topological polar surface area (TPSA) is 83.5 Å². The molecule has 1 aliphatic heterocycles. The molecule has 2 aromatic rings. The van der Waals surface area contributed by atoms with E-state index in [1.807, 2.05) is 30.3 Å². The first-order valence-corrected chi connectivity index (χ1v) is 9.74. The van der Waals surface area contributed by atoms with Crippen molar-refractivity contribution in [3.8, 4) is 0 Å². The standard InChI is InChI=1S/C17H20N4O3S/c22-17(16-14-18-7-8-19-16)20-9-11-21(12-10-20)25(23,24)13-6-15-4-2-1-3-5-15/h1-5,7-8,14H,6,9-13H2. The third-order valence-corrected chi connectivity index (χ3v) is 6.07. The van der Waals surface area contributed by atoms with Crippen LogP contribution in [0.5, 0.6) is 0 Å². The molecule has 0 N–H and O–H groups in total. The first-order chi connectivity index (χ1) is 12.1. The van der Waals surface area contributed by atoms with Gasteiger partial charge in [0.1, 0.15) is 5.69 Å². The van der Waals surface area contributed by atoms with Gasteiger partial charge in [0.2, 0.25) is 10.0 Å². The Morgan fingerprint density at radius 1 is 1.04 bits per heavy atom. The van der Waals surface area contributed by atoms with Gasteiger partial charge in [-0.3, -0.25) is 9.78 Å². The number of piperazine rings is 1. The Morgan fingerprint density at radius 3 is 2.40 bits per heavy atom. The summed E-state index contributed by atoms with van der Waals surface area (Å²) in [5.41, 5.74) is 1.28. The SMILES string of the molecule is O=C(c1cnccn1)N1CCN(S(=O)(=O)CCc2ccccc2)CC1. The van der Waals surface area contributed by atoms with Crippen molar-refractivity contribution in [3.63, 3.8) is 0 Å². The second kappa shape index (κ2) is 7.71. The summed E-state index contributed by atoms with van der Waals surface area (Å²) in [7, 11) is -3.33. The Bertz CT molecular complexity index is 804. The predicted octanol–water partition coefficient (Wildman–Crippen LogP) is 0.807. The third-order valence-electron chi connectivity index (χ3n) is 4.19. The van der Waals surface area contributed by atoms with E-state index < -0.39 is 10.0 Å². The minimum absolute atomic E-state index is 0.0785. The summed E-state index contributed by atoms with van der Waals surface area (Å²) in [6.45, 7) is 1.34. The van der Waals surface area contributed by atoms with E-state index >= 15 is 0 Å². The van der Waals surface area contributed by atoms with Crippen molar-refractivity contribution in [2.24, 2.45) is 0 Å². The molecule has 25 heavy (non-hydrogen) atoms. The Kier molecular flexibility index (Phi) is 5.40. The number of hydrogen-bond donors (Lipinski definition) is 0. The zero-order valence-electron chi connectivity index (χ0n) is 13.8. The lowest BCUT2D eigenvalue weighted by Gasteiger charge is -2.33. The highest BCUT2D eigenvalue weighted by molar-refractivity contribution is 7.89. The maximum Gasteiger partial charge on any atom is 0.274 e. The van der Waals surface area contributed by atoms with E-state index in [0.717, 1.165) is 5.56 Å². The van der Waals surface area contributed by atoms with Crippen LogP contribution in [-0.4, -0.2) is 65.4 Å². The number of aromatic nitrogens is 2. The van der Waals surface area contributed by atoms with Crippen LogP contribution < -0.4 is 0 Å². The van der Waals surface area contributed by atoms with Gasteiger partial charge in [-0.15, -0.1) is 0 Å². The molecular weight excluding hydrogens is 340 g/mol. The Hall–Kier alpha value is -2.32. The second-order valence-corrected chi connectivity index (χ2v) is 7.92. The zero-order valence-corrected chi connectivity index (χ0v) is 14.6. The van der Waals surface area contributed by atoms with E-state index in [4.69, 9.17) is 0 Å². The van der Waals surface area contributed by atoms with Gasteiger partial charge in [0.05, 0.1) is 11.9 Å². The van der Waals surface area contributed by atoms with Crippen LogP contribution in [0.1, 0.15) is 16.1 Å². The van der Waals surface area contributed by atoms with Gasteiger partial charge in [-0.2, -0.15) is 4.31 Å². The molecule has 7 nitrogen and oxygen atoms in total. The lowest BCUT2D eigenvalue weighted by molar-refractivity contribution is 0.0691. The Morgan fingerprint density at radius 2 is 1.76 bits per heavy atom. The fourth-order valence-electron chi connectivity index (χ4n) is 2.76. The minimum atomic E-state index is -3.33. The van der Waals surface area contributed by atoms with Crippen LogP contribution in [0, 0.1) is 0 Å². The van der Waals surface area contributed by atoms with Gasteiger partial charge < -0.3 is 4.90 Å². The molecule has 1 aromatic heterocycles. The van der Waals surface area contributed by atoms with Crippen molar-refractivity contribution < 1.29 is 13.2 Å². The van der Waals surface area contributed by atoms with Crippen LogP contribution >= 0.6 is 0 Å². The molecule has 0 saturated carbocycles. The van der Waals surface area contributed by atoms with Crippen molar-refractivity contribution >= 4 is 15.9 Å². The predicted molar refractivity (Wildman–Crippen MR) is 93.4 cm³/mol. The number of benzene rings is 1. The molecule has 0 unspecified atom stereocenters. The fourth-order valence-corrected chi connectivity index (χ4v) is 4.23. The number of rotatable bonds is 5. The molecule has 0 bridgehead atoms. The lowest BCUT2D eigenvalue weighted by atomic mass is 10.2. The molecule has 2 heterocycles. The average Bonchev–Trinajstić information content (AvgIpc) is 2.67. The van der Waals surface area contributed by atoms with Crippen LogP contribution in [-0.2, 0) is 16.4 Å². The van der Waals surface area contributed by atoms with Crippen molar-refractivity contribution in [3.05, 3.63) is 60.2 Å². The van der Waals surface area contributed by atoms with Crippen LogP contribution in [0.25, 0.3) is 0 Å². The zero-order chi connectivity index (χ0) is 17.7. The summed E-state index contributed by atoms with van der Waals surface area (Å²) in [5.74, 6) is -0.135. The van der Waals surface area contributed by atoms with Gasteiger partial charge in [0, 0.05) is 38.6 Å². The largest absolute Gasteiger partial charge is 0.335 e. The van der Waals surface area contributed by atoms with Crippen LogP contribution in [0.4, 0.5) is 0 Å². The highest BCUT2D eigenvalue weighted by atomic mass is 32.2. The number of amides is 1.